The van der Waals surface area contributed by atoms with Gasteiger partial charge < -0.3 is 0 Å². The van der Waals surface area contributed by atoms with E-state index in [4.69, 9.17) is 0 Å². The Morgan fingerprint density at radius 3 is 2.53 bits per heavy atom. The molecule has 0 spiro atoms. The van der Waals surface area contributed by atoms with E-state index >= 15 is 0 Å². The summed E-state index contributed by atoms with van der Waals surface area (Å²) in [5.41, 5.74) is -0.373. The summed E-state index contributed by atoms with van der Waals surface area (Å²) in [5, 5.41) is 0. The molecule has 0 unspecified atom stereocenters. The standard InChI is InChI=1S/C10H12BrF2NO2S/c1-2-3-4-17(15,16)14-10-6-8(12)7(11)5-9(10)13/h5-6,14H,2-4H2,1H3. The number of hydrogen-bond acceptors (Lipinski definition) is 2. The molecule has 0 radical (unpaired) electrons. The van der Waals surface area contributed by atoms with Gasteiger partial charge in [0, 0.05) is 6.07 Å². The third-order valence-electron chi connectivity index (χ3n) is 2.04. The zero-order valence-electron chi connectivity index (χ0n) is 9.13. The van der Waals surface area contributed by atoms with Gasteiger partial charge in [-0.15, -0.1) is 0 Å². The molecule has 0 saturated heterocycles. The summed E-state index contributed by atoms with van der Waals surface area (Å²) in [6, 6.07) is 1.69. The Morgan fingerprint density at radius 1 is 1.29 bits per heavy atom. The van der Waals surface area contributed by atoms with Gasteiger partial charge in [0.2, 0.25) is 10.0 Å². The van der Waals surface area contributed by atoms with Crippen LogP contribution in [0, 0.1) is 11.6 Å². The van der Waals surface area contributed by atoms with Crippen LogP contribution in [0.3, 0.4) is 0 Å². The summed E-state index contributed by atoms with van der Waals surface area (Å²) in [6.07, 6.45) is 1.17. The van der Waals surface area contributed by atoms with Gasteiger partial charge >= 0.3 is 0 Å². The number of unbranched alkanes of at least 4 members (excludes halogenated alkanes) is 1. The van der Waals surface area contributed by atoms with Crippen LogP contribution in [0.4, 0.5) is 14.5 Å². The Hall–Kier alpha value is -0.690. The summed E-state index contributed by atoms with van der Waals surface area (Å²) in [5.74, 6) is -1.65. The molecule has 0 heterocycles. The van der Waals surface area contributed by atoms with Crippen molar-refractivity contribution < 1.29 is 17.2 Å². The Labute approximate surface area is 107 Å². The van der Waals surface area contributed by atoms with Gasteiger partial charge in [0.1, 0.15) is 11.6 Å². The molecule has 0 atom stereocenters. The molecule has 0 aromatic heterocycles. The summed E-state index contributed by atoms with van der Waals surface area (Å²) in [7, 11) is -3.62. The van der Waals surface area contributed by atoms with Crippen LogP contribution in [0.2, 0.25) is 0 Å². The first-order chi connectivity index (χ1) is 7.85. The van der Waals surface area contributed by atoms with Crippen molar-refractivity contribution in [2.75, 3.05) is 10.5 Å². The molecular weight excluding hydrogens is 316 g/mol. The van der Waals surface area contributed by atoms with Crippen molar-refractivity contribution in [1.82, 2.24) is 0 Å². The van der Waals surface area contributed by atoms with Crippen molar-refractivity contribution in [2.24, 2.45) is 0 Å². The topological polar surface area (TPSA) is 46.2 Å². The van der Waals surface area contributed by atoms with E-state index in [-0.39, 0.29) is 15.9 Å². The number of hydrogen-bond donors (Lipinski definition) is 1. The molecule has 0 aliphatic heterocycles. The number of halogens is 3. The molecule has 0 aliphatic rings. The minimum Gasteiger partial charge on any atom is -0.280 e. The van der Waals surface area contributed by atoms with Crippen LogP contribution < -0.4 is 4.72 Å². The monoisotopic (exact) mass is 327 g/mol. The van der Waals surface area contributed by atoms with Gasteiger partial charge in [0.05, 0.1) is 15.9 Å². The smallest absolute Gasteiger partial charge is 0.232 e. The van der Waals surface area contributed by atoms with Gasteiger partial charge in [0.15, 0.2) is 0 Å². The third kappa shape index (κ3) is 4.23. The molecule has 1 aromatic carbocycles. The number of sulfonamides is 1. The molecule has 0 bridgehead atoms. The molecule has 0 saturated carbocycles. The summed E-state index contributed by atoms with van der Waals surface area (Å²) in [4.78, 5) is 0. The van der Waals surface area contributed by atoms with E-state index in [1.807, 2.05) is 11.6 Å². The largest absolute Gasteiger partial charge is 0.280 e. The van der Waals surface area contributed by atoms with Crippen LogP contribution in [0.5, 0.6) is 0 Å². The Kier molecular flexibility index (Phi) is 4.88. The fourth-order valence-corrected chi connectivity index (χ4v) is 2.73. The van der Waals surface area contributed by atoms with E-state index in [1.54, 1.807) is 0 Å². The lowest BCUT2D eigenvalue weighted by atomic mass is 10.3. The van der Waals surface area contributed by atoms with Crippen molar-refractivity contribution in [3.63, 3.8) is 0 Å². The van der Waals surface area contributed by atoms with Gasteiger partial charge in [-0.05, 0) is 28.4 Å². The van der Waals surface area contributed by atoms with Crippen molar-refractivity contribution in [3.8, 4) is 0 Å². The maximum Gasteiger partial charge on any atom is 0.232 e. The minimum absolute atomic E-state index is 0.0495. The van der Waals surface area contributed by atoms with E-state index in [0.29, 0.717) is 12.8 Å². The fraction of sp³-hybridized carbons (Fsp3) is 0.400. The Bertz CT molecular complexity index is 505. The predicted octanol–water partition coefficient (Wildman–Crippen LogP) is 3.27. The van der Waals surface area contributed by atoms with E-state index < -0.39 is 21.7 Å². The second-order valence-corrected chi connectivity index (χ2v) is 6.22. The molecule has 1 rings (SSSR count). The van der Waals surface area contributed by atoms with Crippen molar-refractivity contribution >= 4 is 31.6 Å². The maximum atomic E-state index is 13.4. The lowest BCUT2D eigenvalue weighted by Crippen LogP contribution is -2.17. The van der Waals surface area contributed by atoms with Crippen LogP contribution in [0.25, 0.3) is 0 Å². The van der Waals surface area contributed by atoms with Gasteiger partial charge in [-0.1, -0.05) is 13.3 Å². The lowest BCUT2D eigenvalue weighted by Gasteiger charge is -2.09. The van der Waals surface area contributed by atoms with Crippen LogP contribution >= 0.6 is 15.9 Å². The van der Waals surface area contributed by atoms with E-state index in [0.717, 1.165) is 12.1 Å². The van der Waals surface area contributed by atoms with Gasteiger partial charge in [-0.2, -0.15) is 0 Å². The van der Waals surface area contributed by atoms with Crippen LogP contribution in [0.15, 0.2) is 16.6 Å². The molecule has 96 valence electrons. The Morgan fingerprint density at radius 2 is 1.94 bits per heavy atom. The highest BCUT2D eigenvalue weighted by Crippen LogP contribution is 2.24. The molecule has 17 heavy (non-hydrogen) atoms. The zero-order chi connectivity index (χ0) is 13.1. The number of rotatable bonds is 5. The number of benzene rings is 1. The Balaban J connectivity index is 2.92. The highest BCUT2D eigenvalue weighted by atomic mass is 79.9. The van der Waals surface area contributed by atoms with Gasteiger partial charge in [0.25, 0.3) is 0 Å². The molecule has 0 fully saturated rings. The number of nitrogens with one attached hydrogen (secondary N) is 1. The summed E-state index contributed by atoms with van der Waals surface area (Å²) < 4.78 is 51.5. The second-order valence-electron chi connectivity index (χ2n) is 3.52. The fourth-order valence-electron chi connectivity index (χ4n) is 1.15. The molecule has 0 aliphatic carbocycles. The van der Waals surface area contributed by atoms with E-state index in [9.17, 15) is 17.2 Å². The first-order valence-electron chi connectivity index (χ1n) is 5.00. The second kappa shape index (κ2) is 5.77. The first kappa shape index (κ1) is 14.4. The minimum atomic E-state index is -3.62. The van der Waals surface area contributed by atoms with Crippen LogP contribution in [-0.4, -0.2) is 14.2 Å². The number of anilines is 1. The molecule has 7 heteroatoms. The molecule has 1 N–H and O–H groups in total. The average molecular weight is 328 g/mol. The lowest BCUT2D eigenvalue weighted by molar-refractivity contribution is 0.590. The van der Waals surface area contributed by atoms with Crippen LogP contribution in [-0.2, 0) is 10.0 Å². The molecular formula is C10H12BrF2NO2S. The van der Waals surface area contributed by atoms with E-state index in [2.05, 4.69) is 15.9 Å². The normalized spacial score (nSPS) is 11.5. The molecule has 0 amide bonds. The maximum absolute atomic E-state index is 13.4. The van der Waals surface area contributed by atoms with Gasteiger partial charge in [-0.25, -0.2) is 17.2 Å². The van der Waals surface area contributed by atoms with E-state index in [1.165, 1.54) is 0 Å². The van der Waals surface area contributed by atoms with Crippen molar-refractivity contribution in [1.29, 1.82) is 0 Å². The first-order valence-corrected chi connectivity index (χ1v) is 7.45. The SMILES string of the molecule is CCCCS(=O)(=O)Nc1cc(F)c(Br)cc1F. The quantitative estimate of drug-likeness (QED) is 0.843. The molecule has 3 nitrogen and oxygen atoms in total. The van der Waals surface area contributed by atoms with Crippen molar-refractivity contribution in [2.45, 2.75) is 19.8 Å². The average Bonchev–Trinajstić information content (AvgIpc) is 2.23. The summed E-state index contributed by atoms with van der Waals surface area (Å²) in [6.45, 7) is 1.84. The highest BCUT2D eigenvalue weighted by molar-refractivity contribution is 9.10. The predicted molar refractivity (Wildman–Crippen MR) is 66.4 cm³/mol. The molecule has 1 aromatic rings. The highest BCUT2D eigenvalue weighted by Gasteiger charge is 2.14. The third-order valence-corrected chi connectivity index (χ3v) is 4.01. The zero-order valence-corrected chi connectivity index (χ0v) is 11.5. The van der Waals surface area contributed by atoms with Gasteiger partial charge in [-0.3, -0.25) is 4.72 Å². The van der Waals surface area contributed by atoms with Crippen molar-refractivity contribution in [3.05, 3.63) is 28.2 Å². The van der Waals surface area contributed by atoms with Crippen LogP contribution in [0.1, 0.15) is 19.8 Å². The summed E-state index contributed by atoms with van der Waals surface area (Å²) >= 11 is 2.81.